The van der Waals surface area contributed by atoms with E-state index in [0.717, 1.165) is 10.9 Å². The summed E-state index contributed by atoms with van der Waals surface area (Å²) in [5.41, 5.74) is 1.22. The van der Waals surface area contributed by atoms with Crippen molar-refractivity contribution < 1.29 is 28.9 Å². The maximum absolute atomic E-state index is 12.4. The quantitative estimate of drug-likeness (QED) is 0.337. The zero-order chi connectivity index (χ0) is 23.1. The number of esters is 1. The minimum Gasteiger partial charge on any atom is -0.493 e. The Labute approximate surface area is 187 Å². The predicted molar refractivity (Wildman–Crippen MR) is 122 cm³/mol. The van der Waals surface area contributed by atoms with Gasteiger partial charge in [0, 0.05) is 6.54 Å². The van der Waals surface area contributed by atoms with Gasteiger partial charge in [-0.15, -0.1) is 13.2 Å². The fraction of sp³-hybridized carbons (Fsp3) is 0.360. The summed E-state index contributed by atoms with van der Waals surface area (Å²) in [6.45, 7) is 8.63. The third-order valence-corrected chi connectivity index (χ3v) is 5.63. The zero-order valence-electron chi connectivity index (χ0n) is 18.3. The first-order chi connectivity index (χ1) is 15.5. The predicted octanol–water partition coefficient (Wildman–Crippen LogP) is 4.97. The van der Waals surface area contributed by atoms with Gasteiger partial charge in [-0.25, -0.2) is 9.59 Å². The summed E-state index contributed by atoms with van der Waals surface area (Å²) in [7, 11) is 1.34. The van der Waals surface area contributed by atoms with Crippen LogP contribution in [-0.4, -0.2) is 55.0 Å². The molecule has 1 aliphatic rings. The number of hydrogen-bond acceptors (Lipinski definition) is 5. The Morgan fingerprint density at radius 3 is 2.69 bits per heavy atom. The van der Waals surface area contributed by atoms with Crippen molar-refractivity contribution >= 4 is 22.8 Å². The molecule has 1 saturated heterocycles. The molecule has 0 aliphatic carbocycles. The molecule has 3 rings (SSSR count). The lowest BCUT2D eigenvalue weighted by molar-refractivity contribution is 0.000532. The molecule has 170 valence electrons. The molecule has 1 amide bonds. The second-order valence-electron chi connectivity index (χ2n) is 7.59. The van der Waals surface area contributed by atoms with Gasteiger partial charge in [-0.3, -0.25) is 0 Å². The van der Waals surface area contributed by atoms with Gasteiger partial charge in [0.1, 0.15) is 5.75 Å². The van der Waals surface area contributed by atoms with E-state index in [0.29, 0.717) is 55.7 Å². The topological polar surface area (TPSA) is 85.3 Å². The molecule has 0 radical (unpaired) electrons. The number of fused-ring (bicyclic) bond motifs is 1. The van der Waals surface area contributed by atoms with Crippen LogP contribution in [0.5, 0.6) is 5.75 Å². The van der Waals surface area contributed by atoms with Crippen molar-refractivity contribution in [3.63, 3.8) is 0 Å². The van der Waals surface area contributed by atoms with E-state index in [1.807, 2.05) is 12.1 Å². The van der Waals surface area contributed by atoms with Gasteiger partial charge >= 0.3 is 12.1 Å². The molecule has 1 N–H and O–H groups in total. The molecule has 1 heterocycles. The normalized spacial score (nSPS) is 18.2. The van der Waals surface area contributed by atoms with Crippen LogP contribution in [0.3, 0.4) is 0 Å². The Balaban J connectivity index is 2.09. The van der Waals surface area contributed by atoms with Crippen LogP contribution in [-0.2, 0) is 9.47 Å². The van der Waals surface area contributed by atoms with Crippen molar-refractivity contribution in [3.8, 4) is 5.75 Å². The minimum absolute atomic E-state index is 0.0871. The lowest BCUT2D eigenvalue weighted by Gasteiger charge is -2.38. The first-order valence-corrected chi connectivity index (χ1v) is 10.6. The lowest BCUT2D eigenvalue weighted by atomic mass is 9.88. The van der Waals surface area contributed by atoms with Gasteiger partial charge < -0.3 is 24.2 Å². The number of nitrogens with zero attached hydrogens (tertiary/aromatic N) is 1. The largest absolute Gasteiger partial charge is 0.493 e. The highest BCUT2D eigenvalue weighted by Crippen LogP contribution is 2.38. The fourth-order valence-electron chi connectivity index (χ4n) is 4.09. The molecule has 0 spiro atoms. The smallest absolute Gasteiger partial charge is 0.407 e. The number of piperidine rings is 1. The highest BCUT2D eigenvalue weighted by molar-refractivity contribution is 6.06. The van der Waals surface area contributed by atoms with Gasteiger partial charge in [0.15, 0.2) is 0 Å². The van der Waals surface area contributed by atoms with E-state index in [4.69, 9.17) is 14.2 Å². The average molecular weight is 440 g/mol. The van der Waals surface area contributed by atoms with Crippen LogP contribution < -0.4 is 4.74 Å². The average Bonchev–Trinajstić information content (AvgIpc) is 2.81. The summed E-state index contributed by atoms with van der Waals surface area (Å²) in [6, 6.07) is 8.54. The molecular formula is C25H29NO6. The van der Waals surface area contributed by atoms with Gasteiger partial charge in [0.2, 0.25) is 0 Å². The second-order valence-corrected chi connectivity index (χ2v) is 7.59. The van der Waals surface area contributed by atoms with E-state index in [-0.39, 0.29) is 6.10 Å². The lowest BCUT2D eigenvalue weighted by Crippen LogP contribution is -2.42. The number of rotatable bonds is 9. The zero-order valence-corrected chi connectivity index (χ0v) is 18.3. The minimum atomic E-state index is -0.985. The number of hydrogen-bond donors (Lipinski definition) is 1. The number of likely N-dealkylation sites (tertiary alicyclic amines) is 1. The number of carbonyl (C=O) groups is 2. The Bertz CT molecular complexity index is 1000. The van der Waals surface area contributed by atoms with Crippen molar-refractivity contribution in [2.24, 2.45) is 0 Å². The van der Waals surface area contributed by atoms with Crippen LogP contribution >= 0.6 is 0 Å². The van der Waals surface area contributed by atoms with E-state index in [1.165, 1.54) is 12.0 Å². The van der Waals surface area contributed by atoms with Crippen molar-refractivity contribution in [1.82, 2.24) is 4.90 Å². The third-order valence-electron chi connectivity index (χ3n) is 5.63. The van der Waals surface area contributed by atoms with E-state index in [9.17, 15) is 14.7 Å². The number of ether oxygens (including phenoxy) is 3. The van der Waals surface area contributed by atoms with Gasteiger partial charge in [0.25, 0.3) is 0 Å². The SMILES string of the molecule is C=CCCOc1ccc2c(C(=O)OC)ccc(C3CC(OCC=C)CCN3C(=O)O)c2c1. The van der Waals surface area contributed by atoms with Gasteiger partial charge in [-0.05, 0) is 59.9 Å². The second kappa shape index (κ2) is 10.8. The standard InChI is InChI=1S/C25H29NO6/c1-4-6-14-32-17-7-8-19-21(24(27)30-3)10-9-20(22(19)15-17)23-16-18(31-13-5-2)11-12-26(23)25(28)29/h4-5,7-10,15,18,23H,1-2,6,11-14,16H2,3H3,(H,28,29). The van der Waals surface area contributed by atoms with E-state index >= 15 is 0 Å². The molecule has 2 unspecified atom stereocenters. The highest BCUT2D eigenvalue weighted by atomic mass is 16.5. The van der Waals surface area contributed by atoms with Crippen molar-refractivity contribution in [1.29, 1.82) is 0 Å². The summed E-state index contributed by atoms with van der Waals surface area (Å²) in [6.07, 6.45) is 4.21. The van der Waals surface area contributed by atoms with Crippen LogP contribution in [0, 0.1) is 0 Å². The van der Waals surface area contributed by atoms with Crippen LogP contribution in [0.4, 0.5) is 4.79 Å². The summed E-state index contributed by atoms with van der Waals surface area (Å²) >= 11 is 0. The molecule has 1 fully saturated rings. The fourth-order valence-corrected chi connectivity index (χ4v) is 4.09. The van der Waals surface area contributed by atoms with E-state index in [2.05, 4.69) is 13.2 Å². The van der Waals surface area contributed by atoms with Gasteiger partial charge in [0.05, 0.1) is 38.0 Å². The van der Waals surface area contributed by atoms with Gasteiger partial charge in [-0.2, -0.15) is 0 Å². The number of amides is 1. The van der Waals surface area contributed by atoms with E-state index in [1.54, 1.807) is 30.4 Å². The van der Waals surface area contributed by atoms with Crippen LogP contribution in [0.15, 0.2) is 55.6 Å². The summed E-state index contributed by atoms with van der Waals surface area (Å²) < 4.78 is 16.6. The van der Waals surface area contributed by atoms with Crippen molar-refractivity contribution in [2.45, 2.75) is 31.4 Å². The highest BCUT2D eigenvalue weighted by Gasteiger charge is 2.34. The Morgan fingerprint density at radius 1 is 1.19 bits per heavy atom. The molecule has 1 aliphatic heterocycles. The monoisotopic (exact) mass is 439 g/mol. The molecule has 7 heteroatoms. The molecule has 32 heavy (non-hydrogen) atoms. The molecule has 2 aromatic rings. The van der Waals surface area contributed by atoms with Gasteiger partial charge in [-0.1, -0.05) is 18.2 Å². The van der Waals surface area contributed by atoms with Crippen LogP contribution in [0.2, 0.25) is 0 Å². The molecule has 0 bridgehead atoms. The summed E-state index contributed by atoms with van der Waals surface area (Å²) in [5, 5.41) is 11.3. The van der Waals surface area contributed by atoms with Crippen molar-refractivity contribution in [2.75, 3.05) is 26.9 Å². The molecule has 2 atom stereocenters. The third kappa shape index (κ3) is 5.11. The van der Waals surface area contributed by atoms with Crippen molar-refractivity contribution in [3.05, 3.63) is 66.8 Å². The maximum Gasteiger partial charge on any atom is 0.407 e. The number of benzene rings is 2. The molecule has 7 nitrogen and oxygen atoms in total. The Morgan fingerprint density at radius 2 is 2.00 bits per heavy atom. The van der Waals surface area contributed by atoms with Crippen LogP contribution in [0.25, 0.3) is 10.8 Å². The summed E-state index contributed by atoms with van der Waals surface area (Å²) in [5.74, 6) is 0.188. The Hall–Kier alpha value is -3.32. The first-order valence-electron chi connectivity index (χ1n) is 10.6. The number of carbonyl (C=O) groups excluding carboxylic acids is 1. The molecular weight excluding hydrogens is 410 g/mol. The molecule has 2 aromatic carbocycles. The number of carboxylic acid groups (broad SMARTS) is 1. The van der Waals surface area contributed by atoms with Crippen LogP contribution in [0.1, 0.15) is 41.2 Å². The Kier molecular flexibility index (Phi) is 7.89. The molecule has 0 saturated carbocycles. The molecule has 0 aromatic heterocycles. The number of methoxy groups -OCH3 is 1. The first kappa shape index (κ1) is 23.3. The van der Waals surface area contributed by atoms with E-state index < -0.39 is 18.1 Å². The summed E-state index contributed by atoms with van der Waals surface area (Å²) in [4.78, 5) is 25.8. The maximum atomic E-state index is 12.4.